The normalized spacial score (nSPS) is 13.3. The van der Waals surface area contributed by atoms with E-state index in [0.29, 0.717) is 24.7 Å². The fourth-order valence-corrected chi connectivity index (χ4v) is 3.61. The van der Waals surface area contributed by atoms with Gasteiger partial charge in [-0.1, -0.05) is 13.3 Å². The average molecular weight is 377 g/mol. The number of nitrogens with one attached hydrogen (secondary N) is 1. The van der Waals surface area contributed by atoms with Crippen LogP contribution in [0, 0.1) is 0 Å². The summed E-state index contributed by atoms with van der Waals surface area (Å²) in [7, 11) is -1.76. The van der Waals surface area contributed by atoms with Gasteiger partial charge < -0.3 is 14.4 Å². The summed E-state index contributed by atoms with van der Waals surface area (Å²) >= 11 is 0. The molecule has 1 aromatic carbocycles. The highest BCUT2D eigenvalue weighted by Gasteiger charge is 2.20. The Balaban J connectivity index is 1.73. The highest BCUT2D eigenvalue weighted by Crippen LogP contribution is 2.32. The van der Waals surface area contributed by atoms with E-state index in [2.05, 4.69) is 21.5 Å². The van der Waals surface area contributed by atoms with Gasteiger partial charge in [-0.25, -0.2) is 13.4 Å². The molecule has 2 heterocycles. The lowest BCUT2D eigenvalue weighted by Crippen LogP contribution is -2.19. The van der Waals surface area contributed by atoms with Crippen molar-refractivity contribution in [1.82, 2.24) is 4.98 Å². The largest absolute Gasteiger partial charge is 0.486 e. The quantitative estimate of drug-likeness (QED) is 0.799. The van der Waals surface area contributed by atoms with E-state index in [1.54, 1.807) is 18.3 Å². The molecule has 0 radical (unpaired) electrons. The van der Waals surface area contributed by atoms with Crippen LogP contribution in [0.2, 0.25) is 0 Å². The van der Waals surface area contributed by atoms with E-state index in [1.165, 1.54) is 12.1 Å². The molecule has 1 aliphatic heterocycles. The van der Waals surface area contributed by atoms with Gasteiger partial charge in [0.05, 0.1) is 16.8 Å². The number of sulfonamides is 1. The minimum Gasteiger partial charge on any atom is -0.486 e. The molecule has 0 atom stereocenters. The van der Waals surface area contributed by atoms with E-state index in [9.17, 15) is 8.42 Å². The third kappa shape index (κ3) is 4.19. The van der Waals surface area contributed by atoms with Gasteiger partial charge in [-0.3, -0.25) is 4.72 Å². The van der Waals surface area contributed by atoms with E-state index < -0.39 is 10.0 Å². The minimum atomic E-state index is -3.76. The molecule has 0 fully saturated rings. The molecule has 0 unspecified atom stereocenters. The lowest BCUT2D eigenvalue weighted by atomic mass is 10.3. The maximum atomic E-state index is 12.6. The number of rotatable bonds is 7. The first-order valence-corrected chi connectivity index (χ1v) is 10.1. The molecule has 26 heavy (non-hydrogen) atoms. The Kier molecular flexibility index (Phi) is 5.51. The van der Waals surface area contributed by atoms with Gasteiger partial charge in [0, 0.05) is 19.7 Å². The smallest absolute Gasteiger partial charge is 0.263 e. The molecule has 1 aromatic heterocycles. The predicted octanol–water partition coefficient (Wildman–Crippen LogP) is 2.89. The van der Waals surface area contributed by atoms with Gasteiger partial charge in [-0.15, -0.1) is 0 Å². The van der Waals surface area contributed by atoms with Crippen molar-refractivity contribution in [2.75, 3.05) is 36.4 Å². The molecule has 1 aliphatic rings. The van der Waals surface area contributed by atoms with Crippen molar-refractivity contribution in [2.45, 2.75) is 24.7 Å². The first-order valence-electron chi connectivity index (χ1n) is 8.59. The molecule has 8 heteroatoms. The molecular formula is C18H23N3O4S. The van der Waals surface area contributed by atoms with Gasteiger partial charge in [0.2, 0.25) is 0 Å². The van der Waals surface area contributed by atoms with Crippen molar-refractivity contribution in [3.8, 4) is 11.5 Å². The molecular weight excluding hydrogens is 354 g/mol. The molecule has 3 rings (SSSR count). The number of pyridine rings is 1. The first kappa shape index (κ1) is 18.3. The summed E-state index contributed by atoms with van der Waals surface area (Å²) in [6.07, 6.45) is 3.87. The molecule has 140 valence electrons. The van der Waals surface area contributed by atoms with E-state index in [1.807, 2.05) is 13.1 Å². The Morgan fingerprint density at radius 2 is 1.92 bits per heavy atom. The Hall–Kier alpha value is -2.48. The van der Waals surface area contributed by atoms with Crippen LogP contribution in [0.1, 0.15) is 19.8 Å². The third-order valence-electron chi connectivity index (χ3n) is 4.10. The van der Waals surface area contributed by atoms with Gasteiger partial charge in [0.15, 0.2) is 11.5 Å². The summed E-state index contributed by atoms with van der Waals surface area (Å²) in [4.78, 5) is 6.42. The topological polar surface area (TPSA) is 80.8 Å². The summed E-state index contributed by atoms with van der Waals surface area (Å²) in [6, 6.07) is 8.06. The molecule has 0 aliphatic carbocycles. The Bertz CT molecular complexity index is 853. The van der Waals surface area contributed by atoms with Crippen molar-refractivity contribution in [1.29, 1.82) is 0 Å². The highest BCUT2D eigenvalue weighted by atomic mass is 32.2. The molecule has 2 aromatic rings. The number of hydrogen-bond acceptors (Lipinski definition) is 6. The summed E-state index contributed by atoms with van der Waals surface area (Å²) in [5.74, 6) is 1.25. The monoisotopic (exact) mass is 377 g/mol. The van der Waals surface area contributed by atoms with Gasteiger partial charge in [-0.2, -0.15) is 0 Å². The van der Waals surface area contributed by atoms with Crippen LogP contribution in [0.5, 0.6) is 11.5 Å². The van der Waals surface area contributed by atoms with Crippen molar-refractivity contribution >= 4 is 21.5 Å². The highest BCUT2D eigenvalue weighted by molar-refractivity contribution is 7.92. The Morgan fingerprint density at radius 3 is 2.62 bits per heavy atom. The number of anilines is 2. The Labute approximate surface area is 154 Å². The summed E-state index contributed by atoms with van der Waals surface area (Å²) in [5.41, 5.74) is 0.945. The minimum absolute atomic E-state index is 0.104. The van der Waals surface area contributed by atoms with E-state index in [-0.39, 0.29) is 10.7 Å². The fourth-order valence-electron chi connectivity index (χ4n) is 2.58. The van der Waals surface area contributed by atoms with Crippen molar-refractivity contribution in [3.63, 3.8) is 0 Å². The predicted molar refractivity (Wildman–Crippen MR) is 101 cm³/mol. The number of nitrogens with zero attached hydrogens (tertiary/aromatic N) is 2. The zero-order chi connectivity index (χ0) is 18.6. The van der Waals surface area contributed by atoms with Crippen LogP contribution in [0.3, 0.4) is 0 Å². The van der Waals surface area contributed by atoms with Gasteiger partial charge in [-0.05, 0) is 30.7 Å². The average Bonchev–Trinajstić information content (AvgIpc) is 2.66. The number of ether oxygens (including phenoxy) is 2. The van der Waals surface area contributed by atoms with Gasteiger partial charge in [0.1, 0.15) is 19.0 Å². The summed E-state index contributed by atoms with van der Waals surface area (Å²) < 4.78 is 38.5. The van der Waals surface area contributed by atoms with E-state index in [0.717, 1.165) is 25.1 Å². The number of benzene rings is 1. The number of hydrogen-bond donors (Lipinski definition) is 1. The van der Waals surface area contributed by atoms with Crippen LogP contribution < -0.4 is 19.1 Å². The van der Waals surface area contributed by atoms with Gasteiger partial charge in [0.25, 0.3) is 10.0 Å². The molecule has 0 spiro atoms. The van der Waals surface area contributed by atoms with Crippen molar-refractivity contribution in [2.24, 2.45) is 0 Å². The Morgan fingerprint density at radius 1 is 1.15 bits per heavy atom. The summed E-state index contributed by atoms with van der Waals surface area (Å²) in [6.45, 7) is 3.93. The van der Waals surface area contributed by atoms with Gasteiger partial charge >= 0.3 is 0 Å². The zero-order valence-corrected chi connectivity index (χ0v) is 15.8. The van der Waals surface area contributed by atoms with E-state index in [4.69, 9.17) is 9.47 Å². The molecule has 0 amide bonds. The maximum absolute atomic E-state index is 12.6. The molecule has 0 saturated carbocycles. The second-order valence-electron chi connectivity index (χ2n) is 6.09. The van der Waals surface area contributed by atoms with Crippen LogP contribution in [0.15, 0.2) is 41.4 Å². The van der Waals surface area contributed by atoms with Crippen molar-refractivity contribution in [3.05, 3.63) is 36.5 Å². The van der Waals surface area contributed by atoms with Crippen molar-refractivity contribution < 1.29 is 17.9 Å². The fraction of sp³-hybridized carbons (Fsp3) is 0.389. The maximum Gasteiger partial charge on any atom is 0.263 e. The lowest BCUT2D eigenvalue weighted by Gasteiger charge is -2.19. The molecule has 0 bridgehead atoms. The van der Waals surface area contributed by atoms with Crippen LogP contribution in [-0.4, -0.2) is 40.2 Å². The van der Waals surface area contributed by atoms with Crippen LogP contribution in [-0.2, 0) is 10.0 Å². The van der Waals surface area contributed by atoms with Crippen LogP contribution >= 0.6 is 0 Å². The second kappa shape index (κ2) is 7.82. The van der Waals surface area contributed by atoms with Crippen LogP contribution in [0.25, 0.3) is 0 Å². The molecule has 7 nitrogen and oxygen atoms in total. The molecule has 0 saturated heterocycles. The lowest BCUT2D eigenvalue weighted by molar-refractivity contribution is 0.171. The van der Waals surface area contributed by atoms with Crippen LogP contribution in [0.4, 0.5) is 11.5 Å². The number of unbranched alkanes of at least 4 members (excludes halogenated alkanes) is 1. The molecule has 1 N–H and O–H groups in total. The third-order valence-corrected chi connectivity index (χ3v) is 5.45. The number of aromatic nitrogens is 1. The second-order valence-corrected chi connectivity index (χ2v) is 7.77. The SMILES string of the molecule is CCCCN(C)c1ccc(NS(=O)(=O)c2ccc3c(c2)OCCO3)nc1. The van der Waals surface area contributed by atoms with E-state index >= 15 is 0 Å². The number of fused-ring (bicyclic) bond motifs is 1. The standard InChI is InChI=1S/C18H23N3O4S/c1-3-4-9-21(2)14-5-8-18(19-13-14)20-26(22,23)15-6-7-16-17(12-15)25-11-10-24-16/h5-8,12-13H,3-4,9-11H2,1-2H3,(H,19,20). The first-order chi connectivity index (χ1) is 12.5. The zero-order valence-electron chi connectivity index (χ0n) is 14.9. The summed E-state index contributed by atoms with van der Waals surface area (Å²) in [5, 5.41) is 0.